The maximum atomic E-state index is 12.8. The first kappa shape index (κ1) is 14.6. The number of nitrogens with one attached hydrogen (secondary N) is 1. The van der Waals surface area contributed by atoms with Crippen molar-refractivity contribution >= 4 is 44.6 Å². The first-order chi connectivity index (χ1) is 8.86. The molecule has 0 bridgehead atoms. The molecule has 1 aromatic heterocycles. The molecule has 0 saturated carbocycles. The molecule has 0 aliphatic rings. The Labute approximate surface area is 124 Å². The normalized spacial score (nSPS) is 11.6. The van der Waals surface area contributed by atoms with Gasteiger partial charge >= 0.3 is 6.18 Å². The smallest absolute Gasteiger partial charge is 0.380 e. The van der Waals surface area contributed by atoms with Crippen LogP contribution in [0.2, 0.25) is 4.47 Å². The van der Waals surface area contributed by atoms with Crippen molar-refractivity contribution in [2.24, 2.45) is 0 Å². The van der Waals surface area contributed by atoms with Gasteiger partial charge in [0.25, 0.3) is 0 Å². The second kappa shape index (κ2) is 5.68. The van der Waals surface area contributed by atoms with Crippen LogP contribution in [0.1, 0.15) is 10.4 Å². The van der Waals surface area contributed by atoms with Gasteiger partial charge in [0.2, 0.25) is 0 Å². The molecule has 0 unspecified atom stereocenters. The summed E-state index contributed by atoms with van der Waals surface area (Å²) in [7, 11) is 0. The molecule has 8 heteroatoms. The third kappa shape index (κ3) is 3.84. The van der Waals surface area contributed by atoms with E-state index in [0.717, 1.165) is 10.9 Å². The number of halogens is 5. The molecule has 2 nitrogen and oxygen atoms in total. The zero-order chi connectivity index (χ0) is 14.0. The molecule has 0 radical (unpaired) electrons. The van der Waals surface area contributed by atoms with Gasteiger partial charge in [0.15, 0.2) is 4.47 Å². The lowest BCUT2D eigenvalue weighted by Crippen LogP contribution is -2.10. The molecule has 1 heterocycles. The number of benzene rings is 1. The Hall–Kier alpha value is -0.790. The molecule has 2 aromatic rings. The SMILES string of the molecule is FC(F)(F)c1ccc(Br)cc1NCc1cnc(Cl)s1. The molecule has 19 heavy (non-hydrogen) atoms. The Morgan fingerprint density at radius 3 is 2.68 bits per heavy atom. The fourth-order valence-corrected chi connectivity index (χ4v) is 2.74. The van der Waals surface area contributed by atoms with Crippen LogP contribution in [0.15, 0.2) is 28.9 Å². The van der Waals surface area contributed by atoms with Crippen molar-refractivity contribution in [1.82, 2.24) is 4.98 Å². The van der Waals surface area contributed by atoms with Gasteiger partial charge in [-0.25, -0.2) is 4.98 Å². The van der Waals surface area contributed by atoms with Crippen LogP contribution in [-0.4, -0.2) is 4.98 Å². The van der Waals surface area contributed by atoms with Crippen molar-refractivity contribution in [3.63, 3.8) is 0 Å². The van der Waals surface area contributed by atoms with E-state index in [0.29, 0.717) is 8.94 Å². The Balaban J connectivity index is 2.21. The average molecular weight is 372 g/mol. The Morgan fingerprint density at radius 2 is 2.11 bits per heavy atom. The van der Waals surface area contributed by atoms with Crippen LogP contribution < -0.4 is 5.32 Å². The molecule has 0 aliphatic heterocycles. The van der Waals surface area contributed by atoms with Crippen LogP contribution in [0.4, 0.5) is 18.9 Å². The van der Waals surface area contributed by atoms with Gasteiger partial charge in [-0.2, -0.15) is 13.2 Å². The molecule has 0 amide bonds. The third-order valence-corrected chi connectivity index (χ3v) is 3.87. The average Bonchev–Trinajstić information content (AvgIpc) is 2.71. The number of aromatic nitrogens is 1. The first-order valence-corrected chi connectivity index (χ1v) is 7.06. The van der Waals surface area contributed by atoms with E-state index in [1.807, 2.05) is 0 Å². The minimum absolute atomic E-state index is 0.0198. The van der Waals surface area contributed by atoms with Crippen molar-refractivity contribution < 1.29 is 13.2 Å². The minimum Gasteiger partial charge on any atom is -0.380 e. The summed E-state index contributed by atoms with van der Waals surface area (Å²) < 4.78 is 39.4. The Morgan fingerprint density at radius 1 is 1.37 bits per heavy atom. The van der Waals surface area contributed by atoms with Crippen molar-refractivity contribution in [3.8, 4) is 0 Å². The molecular formula is C11H7BrClF3N2S. The van der Waals surface area contributed by atoms with Crippen LogP contribution in [0.3, 0.4) is 0 Å². The van der Waals surface area contributed by atoms with Crippen LogP contribution in [0, 0.1) is 0 Å². The van der Waals surface area contributed by atoms with Crippen LogP contribution >= 0.6 is 38.9 Å². The fourth-order valence-electron chi connectivity index (χ4n) is 1.46. The molecule has 1 aromatic carbocycles. The molecule has 2 rings (SSSR count). The number of thiazole rings is 1. The van der Waals surface area contributed by atoms with Crippen molar-refractivity contribution in [3.05, 3.63) is 43.8 Å². The van der Waals surface area contributed by atoms with Crippen LogP contribution in [0.5, 0.6) is 0 Å². The lowest BCUT2D eigenvalue weighted by Gasteiger charge is -2.14. The van der Waals surface area contributed by atoms with E-state index >= 15 is 0 Å². The lowest BCUT2D eigenvalue weighted by molar-refractivity contribution is -0.137. The topological polar surface area (TPSA) is 24.9 Å². The van der Waals surface area contributed by atoms with Crippen molar-refractivity contribution in [2.75, 3.05) is 5.32 Å². The number of rotatable bonds is 3. The van der Waals surface area contributed by atoms with E-state index in [4.69, 9.17) is 11.6 Å². The van der Waals surface area contributed by atoms with E-state index in [9.17, 15) is 13.2 Å². The number of alkyl halides is 3. The Bertz CT molecular complexity index is 586. The quantitative estimate of drug-likeness (QED) is 0.803. The van der Waals surface area contributed by atoms with Gasteiger partial charge in [-0.3, -0.25) is 0 Å². The summed E-state index contributed by atoms with van der Waals surface area (Å²) in [5.41, 5.74) is -0.683. The van der Waals surface area contributed by atoms with E-state index in [-0.39, 0.29) is 12.2 Å². The molecule has 102 valence electrons. The highest BCUT2D eigenvalue weighted by Crippen LogP contribution is 2.36. The van der Waals surface area contributed by atoms with Gasteiger partial charge in [-0.05, 0) is 18.2 Å². The zero-order valence-corrected chi connectivity index (χ0v) is 12.4. The van der Waals surface area contributed by atoms with E-state index in [1.54, 1.807) is 0 Å². The molecule has 0 fully saturated rings. The summed E-state index contributed by atoms with van der Waals surface area (Å²) >= 11 is 10.0. The summed E-state index contributed by atoms with van der Waals surface area (Å²) in [6, 6.07) is 3.79. The molecule has 0 aliphatic carbocycles. The molecule has 0 spiro atoms. The van der Waals surface area contributed by atoms with E-state index < -0.39 is 11.7 Å². The monoisotopic (exact) mass is 370 g/mol. The number of nitrogens with zero attached hydrogens (tertiary/aromatic N) is 1. The van der Waals surface area contributed by atoms with Gasteiger partial charge in [-0.1, -0.05) is 27.5 Å². The predicted molar refractivity (Wildman–Crippen MR) is 73.6 cm³/mol. The summed E-state index contributed by atoms with van der Waals surface area (Å²) in [5, 5.41) is 2.75. The second-order valence-corrected chi connectivity index (χ2v) is 6.23. The van der Waals surface area contributed by atoms with Gasteiger partial charge < -0.3 is 5.32 Å². The van der Waals surface area contributed by atoms with Gasteiger partial charge in [0.05, 0.1) is 12.1 Å². The summed E-state index contributed by atoms with van der Waals surface area (Å²) in [6.07, 6.45) is -2.86. The highest BCUT2D eigenvalue weighted by Gasteiger charge is 2.33. The summed E-state index contributed by atoms with van der Waals surface area (Å²) in [5.74, 6) is 0. The lowest BCUT2D eigenvalue weighted by atomic mass is 10.1. The van der Waals surface area contributed by atoms with E-state index in [2.05, 4.69) is 26.2 Å². The molecule has 0 saturated heterocycles. The van der Waals surface area contributed by atoms with Crippen LogP contribution in [0.25, 0.3) is 0 Å². The zero-order valence-electron chi connectivity index (χ0n) is 9.26. The van der Waals surface area contributed by atoms with E-state index in [1.165, 1.54) is 29.7 Å². The maximum Gasteiger partial charge on any atom is 0.418 e. The predicted octanol–water partition coefficient (Wildman–Crippen LogP) is 5.19. The molecular weight excluding hydrogens is 365 g/mol. The summed E-state index contributed by atoms with van der Waals surface area (Å²) in [6.45, 7) is 0.240. The van der Waals surface area contributed by atoms with Gasteiger partial charge in [-0.15, -0.1) is 11.3 Å². The largest absolute Gasteiger partial charge is 0.418 e. The van der Waals surface area contributed by atoms with Crippen molar-refractivity contribution in [1.29, 1.82) is 0 Å². The number of anilines is 1. The summed E-state index contributed by atoms with van der Waals surface area (Å²) in [4.78, 5) is 4.59. The maximum absolute atomic E-state index is 12.8. The van der Waals surface area contributed by atoms with Gasteiger partial charge in [0.1, 0.15) is 0 Å². The second-order valence-electron chi connectivity index (χ2n) is 3.62. The van der Waals surface area contributed by atoms with Gasteiger partial charge in [0, 0.05) is 21.2 Å². The first-order valence-electron chi connectivity index (χ1n) is 5.07. The van der Waals surface area contributed by atoms with Crippen LogP contribution in [-0.2, 0) is 12.7 Å². The number of hydrogen-bond donors (Lipinski definition) is 1. The highest BCUT2D eigenvalue weighted by molar-refractivity contribution is 9.10. The fraction of sp³-hybridized carbons (Fsp3) is 0.182. The minimum atomic E-state index is -4.39. The molecule has 1 N–H and O–H groups in total. The Kier molecular flexibility index (Phi) is 4.37. The van der Waals surface area contributed by atoms with Crippen molar-refractivity contribution in [2.45, 2.75) is 12.7 Å². The highest BCUT2D eigenvalue weighted by atomic mass is 79.9. The third-order valence-electron chi connectivity index (χ3n) is 2.27. The number of hydrogen-bond acceptors (Lipinski definition) is 3. The standard InChI is InChI=1S/C11H7BrClF3N2S/c12-6-1-2-8(11(14,15)16)9(3-6)17-4-7-5-18-10(13)19-7/h1-3,5,17H,4H2. The molecule has 0 atom stereocenters.